The average molecular weight is 400 g/mol. The number of aromatic amines is 1. The molecule has 3 heterocycles. The maximum atomic E-state index is 13.1. The molecule has 0 saturated carbocycles. The highest BCUT2D eigenvalue weighted by atomic mass is 16.5. The molecule has 0 aliphatic carbocycles. The van der Waals surface area contributed by atoms with E-state index in [0.29, 0.717) is 24.7 Å². The largest absolute Gasteiger partial charge is 0.347 e. The molecule has 1 aliphatic heterocycles. The predicted octanol–water partition coefficient (Wildman–Crippen LogP) is 4.10. The van der Waals surface area contributed by atoms with Crippen LogP contribution in [0.1, 0.15) is 28.9 Å². The molecule has 1 atom stereocenters. The molecule has 2 aromatic heterocycles. The number of carbonyl (C=O) groups excluding carboxylic acids is 1. The van der Waals surface area contributed by atoms with Crippen LogP contribution in [-0.2, 0) is 13.0 Å². The lowest BCUT2D eigenvalue weighted by molar-refractivity contribution is 0.155. The second kappa shape index (κ2) is 7.47. The first-order valence-corrected chi connectivity index (χ1v) is 9.72. The summed E-state index contributed by atoms with van der Waals surface area (Å²) < 4.78 is 5.59. The van der Waals surface area contributed by atoms with Crippen molar-refractivity contribution < 1.29 is 9.32 Å². The van der Waals surface area contributed by atoms with Gasteiger partial charge in [0.2, 0.25) is 11.7 Å². The SMILES string of the molecule is Cc1ccc(-c2noc([C@@H]3Cc4nc[nH]c4CN3C(=O)Nc3ccccc3)n2)cc1. The van der Waals surface area contributed by atoms with Crippen LogP contribution in [0.4, 0.5) is 10.5 Å². The van der Waals surface area contributed by atoms with Gasteiger partial charge in [0.15, 0.2) is 0 Å². The molecule has 4 aromatic rings. The Bertz CT molecular complexity index is 1170. The van der Waals surface area contributed by atoms with E-state index >= 15 is 0 Å². The molecule has 0 saturated heterocycles. The highest BCUT2D eigenvalue weighted by molar-refractivity contribution is 5.89. The minimum atomic E-state index is -0.406. The number of carbonyl (C=O) groups is 1. The number of anilines is 1. The zero-order valence-corrected chi connectivity index (χ0v) is 16.4. The number of amides is 2. The highest BCUT2D eigenvalue weighted by Gasteiger charge is 2.36. The molecule has 0 unspecified atom stereocenters. The van der Waals surface area contributed by atoms with Gasteiger partial charge in [-0.05, 0) is 19.1 Å². The Labute approximate surface area is 173 Å². The van der Waals surface area contributed by atoms with E-state index in [0.717, 1.165) is 28.2 Å². The van der Waals surface area contributed by atoms with Crippen LogP contribution in [0.15, 0.2) is 65.4 Å². The maximum absolute atomic E-state index is 13.1. The predicted molar refractivity (Wildman–Crippen MR) is 111 cm³/mol. The number of fused-ring (bicyclic) bond motifs is 1. The number of hydrogen-bond donors (Lipinski definition) is 2. The number of benzene rings is 2. The summed E-state index contributed by atoms with van der Waals surface area (Å²) in [5.74, 6) is 0.892. The van der Waals surface area contributed by atoms with Gasteiger partial charge < -0.3 is 19.7 Å². The Balaban J connectivity index is 1.45. The number of nitrogens with zero attached hydrogens (tertiary/aromatic N) is 4. The quantitative estimate of drug-likeness (QED) is 0.539. The van der Waals surface area contributed by atoms with Crippen LogP contribution >= 0.6 is 0 Å². The Morgan fingerprint density at radius 1 is 1.17 bits per heavy atom. The van der Waals surface area contributed by atoms with Gasteiger partial charge in [0.25, 0.3) is 0 Å². The zero-order chi connectivity index (χ0) is 20.5. The van der Waals surface area contributed by atoms with Gasteiger partial charge in [-0.2, -0.15) is 4.98 Å². The van der Waals surface area contributed by atoms with Crippen molar-refractivity contribution in [3.05, 3.63) is 83.8 Å². The van der Waals surface area contributed by atoms with E-state index < -0.39 is 6.04 Å². The lowest BCUT2D eigenvalue weighted by atomic mass is 10.0. The van der Waals surface area contributed by atoms with Gasteiger partial charge in [-0.25, -0.2) is 9.78 Å². The summed E-state index contributed by atoms with van der Waals surface area (Å²) in [5, 5.41) is 7.08. The van der Waals surface area contributed by atoms with Crippen molar-refractivity contribution in [1.82, 2.24) is 25.0 Å². The lowest BCUT2D eigenvalue weighted by Gasteiger charge is -2.32. The van der Waals surface area contributed by atoms with Crippen molar-refractivity contribution in [2.75, 3.05) is 5.32 Å². The third-order valence-electron chi connectivity index (χ3n) is 5.22. The number of H-pyrrole nitrogens is 1. The number of nitrogens with one attached hydrogen (secondary N) is 2. The Morgan fingerprint density at radius 2 is 1.97 bits per heavy atom. The average Bonchev–Trinajstić information content (AvgIpc) is 3.43. The third-order valence-corrected chi connectivity index (χ3v) is 5.22. The fraction of sp³-hybridized carbons (Fsp3) is 0.182. The minimum Gasteiger partial charge on any atom is -0.347 e. The fourth-order valence-electron chi connectivity index (χ4n) is 3.58. The van der Waals surface area contributed by atoms with Crippen LogP contribution in [0.25, 0.3) is 11.4 Å². The van der Waals surface area contributed by atoms with Gasteiger partial charge >= 0.3 is 6.03 Å². The van der Waals surface area contributed by atoms with E-state index in [4.69, 9.17) is 4.52 Å². The molecular formula is C22H20N6O2. The summed E-state index contributed by atoms with van der Waals surface area (Å²) in [7, 11) is 0. The summed E-state index contributed by atoms with van der Waals surface area (Å²) in [6.45, 7) is 2.40. The van der Waals surface area contributed by atoms with E-state index in [-0.39, 0.29) is 6.03 Å². The summed E-state index contributed by atoms with van der Waals surface area (Å²) in [4.78, 5) is 26.9. The van der Waals surface area contributed by atoms with Gasteiger partial charge in [0.05, 0.1) is 24.3 Å². The van der Waals surface area contributed by atoms with Crippen molar-refractivity contribution >= 4 is 11.7 Å². The van der Waals surface area contributed by atoms with E-state index in [1.165, 1.54) is 0 Å². The number of rotatable bonds is 3. The van der Waals surface area contributed by atoms with E-state index in [1.807, 2.05) is 61.5 Å². The topological polar surface area (TPSA) is 99.9 Å². The first kappa shape index (κ1) is 18.1. The Kier molecular flexibility index (Phi) is 4.51. The standard InChI is InChI=1S/C22H20N6O2/c1-14-7-9-15(10-8-14)20-26-21(30-27-20)19-11-17-18(24-13-23-17)12-28(19)22(29)25-16-5-3-2-4-6-16/h2-10,13,19H,11-12H2,1H3,(H,23,24)(H,25,29)/t19-/m0/s1. The monoisotopic (exact) mass is 400 g/mol. The van der Waals surface area contributed by atoms with Crippen LogP contribution in [0, 0.1) is 6.92 Å². The van der Waals surface area contributed by atoms with Crippen LogP contribution in [-0.4, -0.2) is 31.0 Å². The number of imidazole rings is 1. The van der Waals surface area contributed by atoms with E-state index in [2.05, 4.69) is 25.4 Å². The molecule has 2 N–H and O–H groups in total. The molecule has 150 valence electrons. The summed E-state index contributed by atoms with van der Waals surface area (Å²) >= 11 is 0. The molecule has 2 aromatic carbocycles. The van der Waals surface area contributed by atoms with Crippen LogP contribution in [0.5, 0.6) is 0 Å². The molecule has 30 heavy (non-hydrogen) atoms. The van der Waals surface area contributed by atoms with Crippen molar-refractivity contribution in [2.24, 2.45) is 0 Å². The molecule has 0 fully saturated rings. The van der Waals surface area contributed by atoms with Gasteiger partial charge in [-0.15, -0.1) is 0 Å². The van der Waals surface area contributed by atoms with E-state index in [9.17, 15) is 4.79 Å². The minimum absolute atomic E-state index is 0.235. The van der Waals surface area contributed by atoms with Crippen LogP contribution in [0.3, 0.4) is 0 Å². The molecule has 8 nitrogen and oxygen atoms in total. The molecule has 5 rings (SSSR count). The lowest BCUT2D eigenvalue weighted by Crippen LogP contribution is -2.41. The van der Waals surface area contributed by atoms with Crippen LogP contribution < -0.4 is 5.32 Å². The summed E-state index contributed by atoms with van der Waals surface area (Å²) in [6.07, 6.45) is 2.14. The van der Waals surface area contributed by atoms with Gasteiger partial charge in [0.1, 0.15) is 6.04 Å². The number of aromatic nitrogens is 4. The number of aryl methyl sites for hydroxylation is 1. The van der Waals surface area contributed by atoms with Crippen molar-refractivity contribution in [3.63, 3.8) is 0 Å². The first-order valence-electron chi connectivity index (χ1n) is 9.72. The maximum Gasteiger partial charge on any atom is 0.322 e. The Hall–Kier alpha value is -3.94. The molecular weight excluding hydrogens is 380 g/mol. The smallest absolute Gasteiger partial charge is 0.322 e. The molecule has 2 amide bonds. The number of hydrogen-bond acceptors (Lipinski definition) is 5. The van der Waals surface area contributed by atoms with E-state index in [1.54, 1.807) is 11.2 Å². The molecule has 1 aliphatic rings. The highest BCUT2D eigenvalue weighted by Crippen LogP contribution is 2.32. The Morgan fingerprint density at radius 3 is 2.77 bits per heavy atom. The normalized spacial score (nSPS) is 15.6. The summed E-state index contributed by atoms with van der Waals surface area (Å²) in [5.41, 5.74) is 4.56. The molecule has 0 radical (unpaired) electrons. The van der Waals surface area contributed by atoms with Crippen molar-refractivity contribution in [2.45, 2.75) is 25.9 Å². The fourth-order valence-corrected chi connectivity index (χ4v) is 3.58. The van der Waals surface area contributed by atoms with Gasteiger partial charge in [0, 0.05) is 17.7 Å². The second-order valence-electron chi connectivity index (χ2n) is 7.29. The molecule has 8 heteroatoms. The first-order chi connectivity index (χ1) is 14.7. The van der Waals surface area contributed by atoms with Gasteiger partial charge in [-0.3, -0.25) is 0 Å². The molecule has 0 bridgehead atoms. The number of para-hydroxylation sites is 1. The van der Waals surface area contributed by atoms with Gasteiger partial charge in [-0.1, -0.05) is 53.2 Å². The third kappa shape index (κ3) is 3.43. The molecule has 0 spiro atoms. The second-order valence-corrected chi connectivity index (χ2v) is 7.29. The van der Waals surface area contributed by atoms with Crippen LogP contribution in [0.2, 0.25) is 0 Å². The van der Waals surface area contributed by atoms with Crippen molar-refractivity contribution in [3.8, 4) is 11.4 Å². The van der Waals surface area contributed by atoms with Crippen molar-refractivity contribution in [1.29, 1.82) is 0 Å². The zero-order valence-electron chi connectivity index (χ0n) is 16.4. The number of urea groups is 1. The summed E-state index contributed by atoms with van der Waals surface area (Å²) in [6, 6.07) is 16.6.